The number of aliphatic hydroxyl groups is 1. The molecule has 0 aromatic heterocycles. The largest absolute Gasteiger partial charge is 0.507 e. The maximum absolute atomic E-state index is 13.6. The summed E-state index contributed by atoms with van der Waals surface area (Å²) in [4.78, 5) is 28.6. The second-order valence-electron chi connectivity index (χ2n) is 10.1. The Labute approximate surface area is 245 Å². The van der Waals surface area contributed by atoms with Crippen LogP contribution in [0.25, 0.3) is 5.76 Å². The molecule has 1 aliphatic rings. The summed E-state index contributed by atoms with van der Waals surface area (Å²) in [6, 6.07) is 26.9. The number of rotatable bonds is 9. The monoisotopic (exact) mass is 563 g/mol. The summed E-state index contributed by atoms with van der Waals surface area (Å²) in [5.74, 6) is -0.196. The van der Waals surface area contributed by atoms with E-state index in [-0.39, 0.29) is 11.3 Å². The molecule has 42 heavy (non-hydrogen) atoms. The summed E-state index contributed by atoms with van der Waals surface area (Å²) in [6.07, 6.45) is 0.841. The molecule has 5 rings (SSSR count). The third-order valence-electron chi connectivity index (χ3n) is 7.48. The second kappa shape index (κ2) is 12.2. The van der Waals surface area contributed by atoms with Crippen molar-refractivity contribution < 1.29 is 28.9 Å². The number of ether oxygens (including phenoxy) is 3. The van der Waals surface area contributed by atoms with Gasteiger partial charge in [0.25, 0.3) is 11.7 Å². The molecule has 0 radical (unpaired) electrons. The van der Waals surface area contributed by atoms with Crippen molar-refractivity contribution >= 4 is 23.1 Å². The van der Waals surface area contributed by atoms with Crippen LogP contribution in [0.15, 0.2) is 96.6 Å². The van der Waals surface area contributed by atoms with Gasteiger partial charge in [-0.25, -0.2) is 0 Å². The fourth-order valence-electron chi connectivity index (χ4n) is 5.17. The van der Waals surface area contributed by atoms with Gasteiger partial charge in [-0.1, -0.05) is 61.5 Å². The fraction of sp³-hybridized carbons (Fsp3) is 0.200. The van der Waals surface area contributed by atoms with Gasteiger partial charge in [-0.2, -0.15) is 0 Å². The number of benzene rings is 4. The van der Waals surface area contributed by atoms with Crippen molar-refractivity contribution in [3.05, 3.63) is 124 Å². The van der Waals surface area contributed by atoms with E-state index < -0.39 is 17.7 Å². The van der Waals surface area contributed by atoms with Crippen LogP contribution >= 0.6 is 0 Å². The van der Waals surface area contributed by atoms with E-state index in [0.717, 1.165) is 23.1 Å². The zero-order chi connectivity index (χ0) is 29.8. The van der Waals surface area contributed by atoms with Crippen molar-refractivity contribution in [2.45, 2.75) is 32.9 Å². The average Bonchev–Trinajstić information content (AvgIpc) is 3.29. The van der Waals surface area contributed by atoms with Gasteiger partial charge in [-0.3, -0.25) is 14.5 Å². The Morgan fingerprint density at radius 1 is 0.810 bits per heavy atom. The lowest BCUT2D eigenvalue weighted by molar-refractivity contribution is -0.132. The number of carbonyl (C=O) groups excluding carboxylic acids is 2. The first-order valence-electron chi connectivity index (χ1n) is 13.8. The maximum Gasteiger partial charge on any atom is 0.300 e. The molecule has 4 aromatic carbocycles. The van der Waals surface area contributed by atoms with Crippen LogP contribution in [0.5, 0.6) is 17.2 Å². The lowest BCUT2D eigenvalue weighted by Crippen LogP contribution is -2.29. The molecule has 1 heterocycles. The smallest absolute Gasteiger partial charge is 0.300 e. The Morgan fingerprint density at radius 3 is 2.14 bits per heavy atom. The highest BCUT2D eigenvalue weighted by molar-refractivity contribution is 6.51. The van der Waals surface area contributed by atoms with Gasteiger partial charge in [-0.05, 0) is 65.9 Å². The first kappa shape index (κ1) is 28.5. The first-order valence-corrected chi connectivity index (χ1v) is 13.8. The molecule has 0 saturated carbocycles. The van der Waals surface area contributed by atoms with Crippen LogP contribution in [-0.4, -0.2) is 31.0 Å². The van der Waals surface area contributed by atoms with E-state index in [1.165, 1.54) is 19.1 Å². The molecule has 1 aliphatic heterocycles. The highest BCUT2D eigenvalue weighted by atomic mass is 16.5. The summed E-state index contributed by atoms with van der Waals surface area (Å²) < 4.78 is 16.8. The molecular formula is C35H33NO6. The number of hydrogen-bond acceptors (Lipinski definition) is 6. The molecule has 0 spiro atoms. The number of methoxy groups -OCH3 is 2. The van der Waals surface area contributed by atoms with Crippen LogP contribution in [-0.2, 0) is 22.6 Å². The zero-order valence-electron chi connectivity index (χ0n) is 24.1. The summed E-state index contributed by atoms with van der Waals surface area (Å²) in [7, 11) is 3.03. The number of anilines is 1. The van der Waals surface area contributed by atoms with Gasteiger partial charge >= 0.3 is 0 Å². The molecule has 0 aliphatic carbocycles. The number of aliphatic hydroxyl groups excluding tert-OH is 1. The van der Waals surface area contributed by atoms with E-state index in [1.54, 1.807) is 36.4 Å². The number of ketones is 1. The van der Waals surface area contributed by atoms with E-state index in [1.807, 2.05) is 61.5 Å². The molecule has 7 heteroatoms. The Bertz CT molecular complexity index is 1640. The van der Waals surface area contributed by atoms with Crippen LogP contribution in [0.3, 0.4) is 0 Å². The molecule has 1 N–H and O–H groups in total. The lowest BCUT2D eigenvalue weighted by Gasteiger charge is -2.26. The van der Waals surface area contributed by atoms with Crippen molar-refractivity contribution in [2.24, 2.45) is 0 Å². The summed E-state index contributed by atoms with van der Waals surface area (Å²) in [6.45, 7) is 4.33. The van der Waals surface area contributed by atoms with E-state index in [0.29, 0.717) is 40.7 Å². The Kier molecular flexibility index (Phi) is 8.29. The van der Waals surface area contributed by atoms with Crippen molar-refractivity contribution in [3.63, 3.8) is 0 Å². The number of hydrogen-bond donors (Lipinski definition) is 1. The predicted octanol–water partition coefficient (Wildman–Crippen LogP) is 6.78. The van der Waals surface area contributed by atoms with E-state index >= 15 is 0 Å². The average molecular weight is 564 g/mol. The Morgan fingerprint density at radius 2 is 1.50 bits per heavy atom. The minimum atomic E-state index is -0.858. The molecule has 4 aromatic rings. The quantitative estimate of drug-likeness (QED) is 0.137. The molecular weight excluding hydrogens is 530 g/mol. The van der Waals surface area contributed by atoms with Crippen LogP contribution in [0, 0.1) is 6.92 Å². The van der Waals surface area contributed by atoms with Gasteiger partial charge in [0.05, 0.1) is 25.8 Å². The van der Waals surface area contributed by atoms with Crippen molar-refractivity contribution in [3.8, 4) is 17.2 Å². The summed E-state index contributed by atoms with van der Waals surface area (Å²) in [5, 5.41) is 11.6. The topological polar surface area (TPSA) is 85.3 Å². The van der Waals surface area contributed by atoms with E-state index in [9.17, 15) is 14.7 Å². The highest BCUT2D eigenvalue weighted by Crippen LogP contribution is 2.44. The van der Waals surface area contributed by atoms with Gasteiger partial charge in [0.1, 0.15) is 18.1 Å². The standard InChI is InChI=1S/C35H33NO6/c1-5-23-11-13-25(14-12-23)32-31(34(38)35(39)36(32)27-16-18-29(40-3)30(20-27)41-4)33(37)26-15-17-28(22(2)19-26)42-21-24-9-7-6-8-10-24/h6-20,32,37H,5,21H2,1-4H3/b33-31+. The van der Waals surface area contributed by atoms with E-state index in [4.69, 9.17) is 14.2 Å². The number of nitrogens with zero attached hydrogens (tertiary/aromatic N) is 1. The third-order valence-corrected chi connectivity index (χ3v) is 7.48. The zero-order valence-corrected chi connectivity index (χ0v) is 24.1. The fourth-order valence-corrected chi connectivity index (χ4v) is 5.17. The molecule has 1 fully saturated rings. The van der Waals surface area contributed by atoms with Crippen LogP contribution in [0.2, 0.25) is 0 Å². The molecule has 1 saturated heterocycles. The Balaban J connectivity index is 1.58. The third kappa shape index (κ3) is 5.46. The van der Waals surface area contributed by atoms with Gasteiger partial charge in [0.2, 0.25) is 0 Å². The van der Waals surface area contributed by atoms with Gasteiger partial charge < -0.3 is 19.3 Å². The SMILES string of the molecule is CCc1ccc(C2/C(=C(\O)c3ccc(OCc4ccccc4)c(C)c3)C(=O)C(=O)N2c2ccc(OC)c(OC)c2)cc1. The predicted molar refractivity (Wildman–Crippen MR) is 162 cm³/mol. The van der Waals surface area contributed by atoms with Crippen LogP contribution in [0.4, 0.5) is 5.69 Å². The van der Waals surface area contributed by atoms with Gasteiger partial charge in [-0.15, -0.1) is 0 Å². The number of amides is 1. The van der Waals surface area contributed by atoms with Crippen molar-refractivity contribution in [2.75, 3.05) is 19.1 Å². The van der Waals surface area contributed by atoms with Crippen LogP contribution < -0.4 is 19.1 Å². The first-order chi connectivity index (χ1) is 20.4. The normalized spacial score (nSPS) is 16.0. The van der Waals surface area contributed by atoms with Crippen LogP contribution in [0.1, 0.15) is 40.8 Å². The van der Waals surface area contributed by atoms with Crippen molar-refractivity contribution in [1.82, 2.24) is 0 Å². The minimum absolute atomic E-state index is 0.0105. The lowest BCUT2D eigenvalue weighted by atomic mass is 9.94. The number of aryl methyl sites for hydroxylation is 2. The number of carbonyl (C=O) groups is 2. The van der Waals surface area contributed by atoms with Gasteiger partial charge in [0.15, 0.2) is 11.5 Å². The minimum Gasteiger partial charge on any atom is -0.507 e. The van der Waals surface area contributed by atoms with Crippen molar-refractivity contribution in [1.29, 1.82) is 0 Å². The molecule has 7 nitrogen and oxygen atoms in total. The van der Waals surface area contributed by atoms with Gasteiger partial charge in [0, 0.05) is 17.3 Å². The Hall–Kier alpha value is -5.04. The second-order valence-corrected chi connectivity index (χ2v) is 10.1. The molecule has 1 atom stereocenters. The maximum atomic E-state index is 13.6. The summed E-state index contributed by atoms with van der Waals surface area (Å²) in [5.41, 5.74) is 4.50. The highest BCUT2D eigenvalue weighted by Gasteiger charge is 2.47. The molecule has 0 bridgehead atoms. The summed E-state index contributed by atoms with van der Waals surface area (Å²) >= 11 is 0. The molecule has 214 valence electrons. The molecule has 1 amide bonds. The van der Waals surface area contributed by atoms with E-state index in [2.05, 4.69) is 6.92 Å². The number of Topliss-reactive ketones (excluding diaryl/α,β-unsaturated/α-hetero) is 1. The molecule has 1 unspecified atom stereocenters.